The van der Waals surface area contributed by atoms with Gasteiger partial charge in [-0.3, -0.25) is 4.79 Å². The van der Waals surface area contributed by atoms with E-state index in [0.29, 0.717) is 17.5 Å². The first-order valence-corrected chi connectivity index (χ1v) is 7.02. The van der Waals surface area contributed by atoms with Gasteiger partial charge in [-0.2, -0.15) is 14.0 Å². The highest BCUT2D eigenvalue weighted by Gasteiger charge is 2.54. The van der Waals surface area contributed by atoms with Crippen molar-refractivity contribution in [2.75, 3.05) is 6.54 Å². The minimum absolute atomic E-state index is 0.00402. The molecule has 0 aliphatic rings. The number of nitrogens with zero attached hydrogens (tertiary/aromatic N) is 2. The molecule has 1 rings (SSSR count). The molecule has 1 amide bonds. The van der Waals surface area contributed by atoms with E-state index in [4.69, 9.17) is 5.26 Å². The molecule has 1 aromatic rings. The van der Waals surface area contributed by atoms with E-state index in [9.17, 15) is 18.7 Å². The number of halogens is 2. The lowest BCUT2D eigenvalue weighted by molar-refractivity contribution is -0.193. The zero-order valence-corrected chi connectivity index (χ0v) is 12.9. The maximum absolute atomic E-state index is 14.0. The Kier molecular flexibility index (Phi) is 5.61. The molecule has 0 fully saturated rings. The van der Waals surface area contributed by atoms with Crippen molar-refractivity contribution in [3.8, 4) is 6.07 Å². The van der Waals surface area contributed by atoms with Gasteiger partial charge in [-0.1, -0.05) is 19.1 Å². The molecular weight excluding hydrogens is 290 g/mol. The average molecular weight is 310 g/mol. The number of hydrogen-bond acceptors (Lipinski definition) is 3. The van der Waals surface area contributed by atoms with Crippen molar-refractivity contribution in [2.45, 2.75) is 45.3 Å². The highest BCUT2D eigenvalue weighted by molar-refractivity contribution is 5.84. The summed E-state index contributed by atoms with van der Waals surface area (Å²) in [6.07, 6.45) is 0.518. The Morgan fingerprint density at radius 1 is 1.32 bits per heavy atom. The Balaban J connectivity index is 2.98. The van der Waals surface area contributed by atoms with Crippen molar-refractivity contribution >= 4 is 5.91 Å². The lowest BCUT2D eigenvalue weighted by Crippen LogP contribution is -2.55. The molecule has 1 aromatic carbocycles. The van der Waals surface area contributed by atoms with Crippen molar-refractivity contribution in [3.05, 3.63) is 35.4 Å². The van der Waals surface area contributed by atoms with Gasteiger partial charge in [0.25, 0.3) is 5.91 Å². The van der Waals surface area contributed by atoms with E-state index in [-0.39, 0.29) is 13.1 Å². The zero-order valence-electron chi connectivity index (χ0n) is 12.9. The second-order valence-corrected chi connectivity index (χ2v) is 5.67. The van der Waals surface area contributed by atoms with Gasteiger partial charge < -0.3 is 10.0 Å². The van der Waals surface area contributed by atoms with E-state index in [0.717, 1.165) is 18.7 Å². The van der Waals surface area contributed by atoms with Crippen LogP contribution in [0.3, 0.4) is 0 Å². The minimum Gasteiger partial charge on any atom is -0.384 e. The number of amides is 1. The first kappa shape index (κ1) is 18.1. The second-order valence-electron chi connectivity index (χ2n) is 5.67. The largest absolute Gasteiger partial charge is 0.384 e. The minimum atomic E-state index is -3.87. The standard InChI is InChI=1S/C16H20F2N2O2/c1-4-9-20(14(21)16(17,18)15(2,3)22)11-13-7-5-12(10-19)6-8-13/h5-8,22H,4,9,11H2,1-3H3. The van der Waals surface area contributed by atoms with Gasteiger partial charge in [0.2, 0.25) is 0 Å². The van der Waals surface area contributed by atoms with Crippen molar-refractivity contribution < 1.29 is 18.7 Å². The zero-order chi connectivity index (χ0) is 17.0. The molecular formula is C16H20F2N2O2. The first-order chi connectivity index (χ1) is 10.1. The maximum atomic E-state index is 14.0. The van der Waals surface area contributed by atoms with Gasteiger partial charge in [0.15, 0.2) is 0 Å². The topological polar surface area (TPSA) is 64.3 Å². The molecule has 0 aromatic heterocycles. The van der Waals surface area contributed by atoms with Gasteiger partial charge in [0.05, 0.1) is 11.6 Å². The number of nitriles is 1. The maximum Gasteiger partial charge on any atom is 0.352 e. The third kappa shape index (κ3) is 4.01. The Hall–Kier alpha value is -2.00. The van der Waals surface area contributed by atoms with Gasteiger partial charge in [-0.05, 0) is 38.0 Å². The molecule has 6 heteroatoms. The number of rotatable bonds is 6. The molecule has 0 heterocycles. The van der Waals surface area contributed by atoms with E-state index in [1.54, 1.807) is 31.2 Å². The molecule has 0 unspecified atom stereocenters. The molecule has 120 valence electrons. The Labute approximate surface area is 129 Å². The van der Waals surface area contributed by atoms with Crippen LogP contribution in [0, 0.1) is 11.3 Å². The molecule has 0 saturated carbocycles. The number of carbonyl (C=O) groups excluding carboxylic acids is 1. The van der Waals surface area contributed by atoms with E-state index in [1.807, 2.05) is 6.07 Å². The number of aliphatic hydroxyl groups is 1. The lowest BCUT2D eigenvalue weighted by Gasteiger charge is -2.33. The monoisotopic (exact) mass is 310 g/mol. The van der Waals surface area contributed by atoms with Gasteiger partial charge in [0.1, 0.15) is 5.60 Å². The fourth-order valence-electron chi connectivity index (χ4n) is 1.89. The van der Waals surface area contributed by atoms with Crippen LogP contribution >= 0.6 is 0 Å². The van der Waals surface area contributed by atoms with Gasteiger partial charge in [-0.25, -0.2) is 0 Å². The van der Waals surface area contributed by atoms with Crippen LogP contribution in [0.1, 0.15) is 38.3 Å². The molecule has 0 atom stereocenters. The van der Waals surface area contributed by atoms with E-state index < -0.39 is 17.4 Å². The van der Waals surface area contributed by atoms with Crippen LogP contribution in [-0.2, 0) is 11.3 Å². The molecule has 0 bridgehead atoms. The lowest BCUT2D eigenvalue weighted by atomic mass is 9.99. The average Bonchev–Trinajstić information content (AvgIpc) is 2.45. The molecule has 1 N–H and O–H groups in total. The number of hydrogen-bond donors (Lipinski definition) is 1. The number of benzene rings is 1. The summed E-state index contributed by atoms with van der Waals surface area (Å²) in [6.45, 7) is 3.77. The number of alkyl halides is 2. The molecule has 4 nitrogen and oxygen atoms in total. The third-order valence-electron chi connectivity index (χ3n) is 3.27. The molecule has 0 saturated heterocycles. The van der Waals surface area contributed by atoms with Crippen LogP contribution in [0.2, 0.25) is 0 Å². The van der Waals surface area contributed by atoms with Crippen molar-refractivity contribution in [1.29, 1.82) is 5.26 Å². The quantitative estimate of drug-likeness (QED) is 0.878. The Morgan fingerprint density at radius 3 is 2.27 bits per heavy atom. The molecule has 22 heavy (non-hydrogen) atoms. The second kappa shape index (κ2) is 6.84. The summed E-state index contributed by atoms with van der Waals surface area (Å²) in [7, 11) is 0. The predicted molar refractivity (Wildman–Crippen MR) is 78.1 cm³/mol. The molecule has 0 radical (unpaired) electrons. The Morgan fingerprint density at radius 2 is 1.86 bits per heavy atom. The summed E-state index contributed by atoms with van der Waals surface area (Å²) in [6, 6.07) is 8.34. The summed E-state index contributed by atoms with van der Waals surface area (Å²) in [5, 5.41) is 18.3. The van der Waals surface area contributed by atoms with Gasteiger partial charge in [0, 0.05) is 13.1 Å². The van der Waals surface area contributed by atoms with Crippen LogP contribution in [0.4, 0.5) is 8.78 Å². The smallest absolute Gasteiger partial charge is 0.352 e. The molecule has 0 aliphatic heterocycles. The summed E-state index contributed by atoms with van der Waals surface area (Å²) >= 11 is 0. The third-order valence-corrected chi connectivity index (χ3v) is 3.27. The molecule has 0 spiro atoms. The van der Waals surface area contributed by atoms with Crippen molar-refractivity contribution in [2.24, 2.45) is 0 Å². The normalized spacial score (nSPS) is 11.9. The van der Waals surface area contributed by atoms with Crippen molar-refractivity contribution in [1.82, 2.24) is 4.90 Å². The summed E-state index contributed by atoms with van der Waals surface area (Å²) < 4.78 is 28.1. The van der Waals surface area contributed by atoms with E-state index in [2.05, 4.69) is 0 Å². The summed E-state index contributed by atoms with van der Waals surface area (Å²) in [5.74, 6) is -5.26. The fourth-order valence-corrected chi connectivity index (χ4v) is 1.89. The summed E-state index contributed by atoms with van der Waals surface area (Å²) in [5.41, 5.74) is -1.33. The van der Waals surface area contributed by atoms with Crippen LogP contribution in [0.25, 0.3) is 0 Å². The first-order valence-electron chi connectivity index (χ1n) is 7.02. The van der Waals surface area contributed by atoms with Gasteiger partial charge >= 0.3 is 5.92 Å². The Bertz CT molecular complexity index is 557. The highest BCUT2D eigenvalue weighted by Crippen LogP contribution is 2.31. The summed E-state index contributed by atoms with van der Waals surface area (Å²) in [4.78, 5) is 13.1. The number of carbonyl (C=O) groups is 1. The molecule has 0 aliphatic carbocycles. The van der Waals surface area contributed by atoms with E-state index in [1.165, 1.54) is 0 Å². The van der Waals surface area contributed by atoms with Crippen molar-refractivity contribution in [3.63, 3.8) is 0 Å². The highest BCUT2D eigenvalue weighted by atomic mass is 19.3. The SMILES string of the molecule is CCCN(Cc1ccc(C#N)cc1)C(=O)C(F)(F)C(C)(C)O. The van der Waals surface area contributed by atoms with Crippen LogP contribution in [0.15, 0.2) is 24.3 Å². The predicted octanol–water partition coefficient (Wildman–Crippen LogP) is 2.70. The fraction of sp³-hybridized carbons (Fsp3) is 0.500. The van der Waals surface area contributed by atoms with Gasteiger partial charge in [-0.15, -0.1) is 0 Å². The van der Waals surface area contributed by atoms with Crippen LogP contribution in [0.5, 0.6) is 0 Å². The van der Waals surface area contributed by atoms with E-state index >= 15 is 0 Å². The van der Waals surface area contributed by atoms with Crippen LogP contribution < -0.4 is 0 Å². The van der Waals surface area contributed by atoms with Crippen LogP contribution in [-0.4, -0.2) is 34.0 Å².